The van der Waals surface area contributed by atoms with E-state index in [4.69, 9.17) is 0 Å². The maximum Gasteiger partial charge on any atom is 0.507 e. The van der Waals surface area contributed by atoms with Crippen LogP contribution in [0.2, 0.25) is 0 Å². The van der Waals surface area contributed by atoms with Gasteiger partial charge in [-0.15, -0.1) is 5.10 Å². The minimum Gasteiger partial charge on any atom is -0.466 e. The Morgan fingerprint density at radius 3 is 2.68 bits per heavy atom. The summed E-state index contributed by atoms with van der Waals surface area (Å²) in [6.07, 6.45) is -7.81. The number of hydrogen-bond acceptors (Lipinski definition) is 8. The zero-order chi connectivity index (χ0) is 20.5. The number of rotatable bonds is 3. The van der Waals surface area contributed by atoms with Gasteiger partial charge in [0.1, 0.15) is 0 Å². The monoisotopic (exact) mass is 419 g/mol. The molecule has 1 N–H and O–H groups in total. The average Bonchev–Trinajstić information content (AvgIpc) is 2.95. The van der Waals surface area contributed by atoms with Crippen LogP contribution in [0.4, 0.5) is 17.6 Å². The van der Waals surface area contributed by atoms with E-state index in [0.29, 0.717) is 0 Å². The molecule has 1 aromatic carbocycles. The molecule has 3 rings (SSSR count). The minimum absolute atomic E-state index is 0.00441. The van der Waals surface area contributed by atoms with Crippen molar-refractivity contribution in [3.05, 3.63) is 34.7 Å². The fraction of sp³-hybridized carbons (Fsp3) is 0.200. The largest absolute Gasteiger partial charge is 0.507 e. The number of halogens is 4. The second-order valence-electron chi connectivity index (χ2n) is 5.15. The highest BCUT2D eigenvalue weighted by Crippen LogP contribution is 2.47. The van der Waals surface area contributed by atoms with E-state index < -0.39 is 35.6 Å². The lowest BCUT2D eigenvalue weighted by molar-refractivity contribution is -0.391. The molecule has 1 amide bonds. The highest BCUT2D eigenvalue weighted by molar-refractivity contribution is 8.18. The Bertz CT molecular complexity index is 932. The Labute approximate surface area is 158 Å². The molecule has 1 saturated heterocycles. The van der Waals surface area contributed by atoms with Gasteiger partial charge in [-0.25, -0.2) is 4.79 Å². The summed E-state index contributed by atoms with van der Waals surface area (Å²) in [5, 5.41) is 9.57. The Balaban J connectivity index is 1.80. The second kappa shape index (κ2) is 7.14. The highest BCUT2D eigenvalue weighted by atomic mass is 32.2. The molecule has 0 unspecified atom stereocenters. The SMILES string of the molecule is COC(=O)/C=C1/S/C(=N\N=Cc2cccc3c2OC(F)(F)C(F)(F)O3)NC1=O. The van der Waals surface area contributed by atoms with E-state index in [1.807, 2.05) is 0 Å². The Morgan fingerprint density at radius 2 is 1.96 bits per heavy atom. The molecule has 0 aromatic heterocycles. The van der Waals surface area contributed by atoms with Gasteiger partial charge in [0.2, 0.25) is 0 Å². The van der Waals surface area contributed by atoms with Gasteiger partial charge in [-0.2, -0.15) is 22.7 Å². The Hall–Kier alpha value is -3.09. The van der Waals surface area contributed by atoms with Crippen LogP contribution in [0.25, 0.3) is 0 Å². The zero-order valence-electron chi connectivity index (χ0n) is 13.7. The number of carbonyl (C=O) groups excluding carboxylic acids is 2. The number of benzene rings is 1. The summed E-state index contributed by atoms with van der Waals surface area (Å²) in [4.78, 5) is 22.8. The van der Waals surface area contributed by atoms with Gasteiger partial charge in [0.05, 0.1) is 18.2 Å². The first-order chi connectivity index (χ1) is 13.1. The summed E-state index contributed by atoms with van der Waals surface area (Å²) in [6.45, 7) is 0. The number of nitrogens with one attached hydrogen (secondary N) is 1. The normalized spacial score (nSPS) is 22.5. The van der Waals surface area contributed by atoms with E-state index in [0.717, 1.165) is 37.2 Å². The van der Waals surface area contributed by atoms with Gasteiger partial charge in [0, 0.05) is 11.6 Å². The lowest BCUT2D eigenvalue weighted by Crippen LogP contribution is -2.52. The Morgan fingerprint density at radius 1 is 1.25 bits per heavy atom. The number of methoxy groups -OCH3 is 1. The number of amides is 1. The van der Waals surface area contributed by atoms with Gasteiger partial charge >= 0.3 is 18.2 Å². The maximum atomic E-state index is 13.4. The number of esters is 1. The van der Waals surface area contributed by atoms with E-state index in [2.05, 4.69) is 29.7 Å². The number of alkyl halides is 4. The molecule has 148 valence electrons. The van der Waals surface area contributed by atoms with Crippen molar-refractivity contribution >= 4 is 35.0 Å². The van der Waals surface area contributed by atoms with Crippen LogP contribution in [0, 0.1) is 0 Å². The molecule has 1 fully saturated rings. The number of carbonyl (C=O) groups is 2. The lowest BCUT2D eigenvalue weighted by atomic mass is 10.2. The van der Waals surface area contributed by atoms with Gasteiger partial charge in [-0.1, -0.05) is 6.07 Å². The standard InChI is InChI=1S/C15H9F4N3O5S/c1-25-10(23)5-9-12(24)21-13(28-9)22-20-6-7-3-2-4-8-11(7)27-15(18,19)14(16,17)26-8/h2-6H,1H3,(H,21,22,24)/b9-5+,20-6?. The van der Waals surface area contributed by atoms with Crippen molar-refractivity contribution in [3.8, 4) is 11.5 Å². The molecule has 1 aromatic rings. The molecule has 0 aliphatic carbocycles. The zero-order valence-corrected chi connectivity index (χ0v) is 14.6. The quantitative estimate of drug-likeness (QED) is 0.265. The van der Waals surface area contributed by atoms with Crippen molar-refractivity contribution in [2.75, 3.05) is 7.11 Å². The molecule has 13 heteroatoms. The van der Waals surface area contributed by atoms with E-state index in [9.17, 15) is 27.2 Å². The number of ether oxygens (including phenoxy) is 3. The van der Waals surface area contributed by atoms with Crippen molar-refractivity contribution < 1.29 is 41.4 Å². The van der Waals surface area contributed by atoms with Gasteiger partial charge in [0.25, 0.3) is 5.91 Å². The van der Waals surface area contributed by atoms with E-state index in [1.165, 1.54) is 12.1 Å². The number of thioether (sulfide) groups is 1. The molecular weight excluding hydrogens is 410 g/mol. The first-order valence-corrected chi connectivity index (χ1v) is 8.11. The van der Waals surface area contributed by atoms with E-state index >= 15 is 0 Å². The van der Waals surface area contributed by atoms with Crippen molar-refractivity contribution in [2.24, 2.45) is 10.2 Å². The van der Waals surface area contributed by atoms with Crippen LogP contribution < -0.4 is 14.8 Å². The maximum absolute atomic E-state index is 13.4. The molecule has 8 nitrogen and oxygen atoms in total. The van der Waals surface area contributed by atoms with Crippen LogP contribution in [-0.4, -0.2) is 42.6 Å². The van der Waals surface area contributed by atoms with Crippen LogP contribution in [-0.2, 0) is 14.3 Å². The predicted octanol–water partition coefficient (Wildman–Crippen LogP) is 2.25. The number of para-hydroxylation sites is 1. The number of hydrogen-bond donors (Lipinski definition) is 1. The lowest BCUT2D eigenvalue weighted by Gasteiger charge is -2.32. The third-order valence-electron chi connectivity index (χ3n) is 3.26. The summed E-state index contributed by atoms with van der Waals surface area (Å²) in [7, 11) is 1.14. The van der Waals surface area contributed by atoms with Crippen LogP contribution in [0.3, 0.4) is 0 Å². The van der Waals surface area contributed by atoms with Gasteiger partial charge in [-0.05, 0) is 23.9 Å². The van der Waals surface area contributed by atoms with E-state index in [1.54, 1.807) is 0 Å². The molecule has 28 heavy (non-hydrogen) atoms. The van der Waals surface area contributed by atoms with Crippen LogP contribution in [0.5, 0.6) is 11.5 Å². The molecule has 2 heterocycles. The molecule has 0 radical (unpaired) electrons. The van der Waals surface area contributed by atoms with Crippen molar-refractivity contribution in [1.82, 2.24) is 5.32 Å². The summed E-state index contributed by atoms with van der Waals surface area (Å²) in [6, 6.07) is 3.55. The molecule has 0 saturated carbocycles. The second-order valence-corrected chi connectivity index (χ2v) is 6.18. The predicted molar refractivity (Wildman–Crippen MR) is 88.5 cm³/mol. The Kier molecular flexibility index (Phi) is 5.02. The number of fused-ring (bicyclic) bond motifs is 1. The van der Waals surface area contributed by atoms with Crippen LogP contribution in [0.1, 0.15) is 5.56 Å². The average molecular weight is 419 g/mol. The molecule has 0 bridgehead atoms. The first kappa shape index (κ1) is 19.7. The fourth-order valence-electron chi connectivity index (χ4n) is 1.99. The number of nitrogens with zero attached hydrogens (tertiary/aromatic N) is 2. The minimum atomic E-state index is -4.88. The van der Waals surface area contributed by atoms with Crippen LogP contribution >= 0.6 is 11.8 Å². The third-order valence-corrected chi connectivity index (χ3v) is 4.16. The third kappa shape index (κ3) is 3.78. The summed E-state index contributed by atoms with van der Waals surface area (Å²) in [5.41, 5.74) is -0.114. The first-order valence-electron chi connectivity index (χ1n) is 7.29. The summed E-state index contributed by atoms with van der Waals surface area (Å²) < 4.78 is 65.6. The summed E-state index contributed by atoms with van der Waals surface area (Å²) >= 11 is 0.787. The smallest absolute Gasteiger partial charge is 0.466 e. The van der Waals surface area contributed by atoms with Crippen LogP contribution in [0.15, 0.2) is 39.4 Å². The molecular formula is C15H9F4N3O5S. The van der Waals surface area contributed by atoms with Crippen molar-refractivity contribution in [1.29, 1.82) is 0 Å². The fourth-order valence-corrected chi connectivity index (χ4v) is 2.73. The number of amidine groups is 1. The topological polar surface area (TPSA) is 98.6 Å². The van der Waals surface area contributed by atoms with E-state index in [-0.39, 0.29) is 15.6 Å². The van der Waals surface area contributed by atoms with Gasteiger partial charge in [0.15, 0.2) is 16.7 Å². The van der Waals surface area contributed by atoms with Crippen molar-refractivity contribution in [3.63, 3.8) is 0 Å². The van der Waals surface area contributed by atoms with Gasteiger partial charge in [-0.3, -0.25) is 10.1 Å². The van der Waals surface area contributed by atoms with Crippen molar-refractivity contribution in [2.45, 2.75) is 12.2 Å². The molecule has 0 spiro atoms. The molecule has 0 atom stereocenters. The molecule has 2 aliphatic rings. The summed E-state index contributed by atoms with van der Waals surface area (Å²) in [5.74, 6) is -2.59. The highest BCUT2D eigenvalue weighted by Gasteiger charge is 2.66. The van der Waals surface area contributed by atoms with Gasteiger partial charge < -0.3 is 14.2 Å². The molecule has 2 aliphatic heterocycles.